The number of benzene rings is 1. The Balaban J connectivity index is 3.14. The first-order valence-electron chi connectivity index (χ1n) is 3.87. The summed E-state index contributed by atoms with van der Waals surface area (Å²) < 4.78 is 1.43. The van der Waals surface area contributed by atoms with Crippen LogP contribution in [0.3, 0.4) is 0 Å². The fourth-order valence-electron chi connectivity index (χ4n) is 1.18. The summed E-state index contributed by atoms with van der Waals surface area (Å²) in [5.41, 5.74) is 6.84. The number of nitrogen functional groups attached to an aromatic ring is 1. The number of nitrogens with two attached hydrogens (primary N) is 1. The number of hydrogen-bond donors (Lipinski definition) is 1. The molecule has 11 heavy (non-hydrogen) atoms. The topological polar surface area (TPSA) is 26.0 Å². The van der Waals surface area contributed by atoms with Crippen molar-refractivity contribution < 1.29 is 0 Å². The van der Waals surface area contributed by atoms with Crippen molar-refractivity contribution >= 4 is 27.6 Å². The van der Waals surface area contributed by atoms with Gasteiger partial charge >= 0.3 is 72.5 Å². The summed E-state index contributed by atoms with van der Waals surface area (Å²) in [5.74, 6) is 0. The molecule has 60 valence electrons. The van der Waals surface area contributed by atoms with Crippen molar-refractivity contribution in [2.45, 2.75) is 14.8 Å². The summed E-state index contributed by atoms with van der Waals surface area (Å²) >= 11 is -1.90. The van der Waals surface area contributed by atoms with E-state index in [2.05, 4.69) is 27.0 Å². The van der Waals surface area contributed by atoms with Gasteiger partial charge in [0.05, 0.1) is 0 Å². The van der Waals surface area contributed by atoms with Gasteiger partial charge in [-0.2, -0.15) is 0 Å². The van der Waals surface area contributed by atoms with Crippen LogP contribution in [-0.2, 0) is 0 Å². The maximum atomic E-state index is 5.86. The minimum absolute atomic E-state index is 0.982. The van der Waals surface area contributed by atoms with E-state index >= 15 is 0 Å². The standard InChI is InChI=1S/C6H6N.3CH3.Sn/c7-6-4-2-1-3-5-6;;;;/h1-4H,7H2;3*1H3;. The zero-order chi connectivity index (χ0) is 8.48. The molecular formula is C9H15NSn. The third-order valence-corrected chi connectivity index (χ3v) is 7.68. The molecule has 0 radical (unpaired) electrons. The van der Waals surface area contributed by atoms with Gasteiger partial charge in [-0.1, -0.05) is 0 Å². The molecule has 0 atom stereocenters. The summed E-state index contributed by atoms with van der Waals surface area (Å²) in [7, 11) is 0. The molecule has 0 unspecified atom stereocenters. The third-order valence-electron chi connectivity index (χ3n) is 1.77. The Morgan fingerprint density at radius 1 is 1.09 bits per heavy atom. The number of para-hydroxylation sites is 1. The number of anilines is 1. The molecule has 1 aromatic rings. The van der Waals surface area contributed by atoms with Crippen LogP contribution < -0.4 is 9.31 Å². The van der Waals surface area contributed by atoms with Gasteiger partial charge in [0.25, 0.3) is 0 Å². The predicted molar refractivity (Wildman–Crippen MR) is 53.8 cm³/mol. The van der Waals surface area contributed by atoms with Crippen LogP contribution in [-0.4, -0.2) is 18.4 Å². The minimum atomic E-state index is -1.90. The molecule has 2 N–H and O–H groups in total. The van der Waals surface area contributed by atoms with Gasteiger partial charge in [0.15, 0.2) is 0 Å². The van der Waals surface area contributed by atoms with Gasteiger partial charge in [-0.25, -0.2) is 0 Å². The molecule has 0 fully saturated rings. The van der Waals surface area contributed by atoms with E-state index in [-0.39, 0.29) is 0 Å². The summed E-state index contributed by atoms with van der Waals surface area (Å²) in [6.45, 7) is 0. The van der Waals surface area contributed by atoms with E-state index < -0.39 is 18.4 Å². The first-order valence-corrected chi connectivity index (χ1v) is 13.9. The molecule has 0 amide bonds. The molecule has 0 bridgehead atoms. The van der Waals surface area contributed by atoms with Crippen LogP contribution in [0.5, 0.6) is 0 Å². The summed E-state index contributed by atoms with van der Waals surface area (Å²) in [4.78, 5) is 7.13. The molecule has 0 aliphatic rings. The van der Waals surface area contributed by atoms with Crippen molar-refractivity contribution in [2.24, 2.45) is 0 Å². The first-order chi connectivity index (χ1) is 5.02. The van der Waals surface area contributed by atoms with Gasteiger partial charge in [-0.05, 0) is 0 Å². The summed E-state index contributed by atoms with van der Waals surface area (Å²) in [6, 6.07) is 8.24. The van der Waals surface area contributed by atoms with Crippen molar-refractivity contribution in [3.63, 3.8) is 0 Å². The van der Waals surface area contributed by atoms with Crippen LogP contribution in [0.15, 0.2) is 24.3 Å². The van der Waals surface area contributed by atoms with E-state index in [0.717, 1.165) is 5.69 Å². The molecule has 1 aromatic carbocycles. The molecule has 0 saturated carbocycles. The molecular weight excluding hydrogens is 241 g/mol. The molecule has 0 saturated heterocycles. The predicted octanol–water partition coefficient (Wildman–Crippen LogP) is 1.81. The van der Waals surface area contributed by atoms with E-state index in [9.17, 15) is 0 Å². The van der Waals surface area contributed by atoms with Crippen molar-refractivity contribution in [2.75, 3.05) is 5.73 Å². The molecule has 0 aliphatic carbocycles. The van der Waals surface area contributed by atoms with Crippen LogP contribution in [0.2, 0.25) is 14.8 Å². The summed E-state index contributed by atoms with van der Waals surface area (Å²) in [5, 5.41) is 0. The van der Waals surface area contributed by atoms with Crippen molar-refractivity contribution in [3.05, 3.63) is 24.3 Å². The Hall–Kier alpha value is -0.181. The second-order valence-electron chi connectivity index (χ2n) is 3.84. The zero-order valence-electron chi connectivity index (χ0n) is 7.39. The van der Waals surface area contributed by atoms with Crippen LogP contribution in [0.1, 0.15) is 0 Å². The van der Waals surface area contributed by atoms with E-state index in [4.69, 9.17) is 5.73 Å². The van der Waals surface area contributed by atoms with Gasteiger partial charge in [0, 0.05) is 0 Å². The first kappa shape index (κ1) is 8.91. The van der Waals surface area contributed by atoms with Crippen molar-refractivity contribution in [1.82, 2.24) is 0 Å². The third kappa shape index (κ3) is 2.12. The van der Waals surface area contributed by atoms with Crippen LogP contribution >= 0.6 is 0 Å². The quantitative estimate of drug-likeness (QED) is 0.601. The van der Waals surface area contributed by atoms with Crippen molar-refractivity contribution in [1.29, 1.82) is 0 Å². The Kier molecular flexibility index (Phi) is 2.47. The Morgan fingerprint density at radius 2 is 1.64 bits per heavy atom. The monoisotopic (exact) mass is 257 g/mol. The van der Waals surface area contributed by atoms with Gasteiger partial charge in [-0.15, -0.1) is 0 Å². The molecule has 0 heterocycles. The molecule has 2 heteroatoms. The molecule has 0 aliphatic heterocycles. The van der Waals surface area contributed by atoms with Crippen LogP contribution in [0.25, 0.3) is 0 Å². The van der Waals surface area contributed by atoms with E-state index in [0.29, 0.717) is 0 Å². The Labute approximate surface area is 72.5 Å². The molecule has 1 nitrogen and oxygen atoms in total. The van der Waals surface area contributed by atoms with Crippen molar-refractivity contribution in [3.8, 4) is 0 Å². The molecule has 0 aromatic heterocycles. The van der Waals surface area contributed by atoms with Gasteiger partial charge in [-0.3, -0.25) is 0 Å². The van der Waals surface area contributed by atoms with Crippen LogP contribution in [0, 0.1) is 0 Å². The Morgan fingerprint density at radius 3 is 2.00 bits per heavy atom. The summed E-state index contributed by atoms with van der Waals surface area (Å²) in [6.07, 6.45) is 0. The zero-order valence-corrected chi connectivity index (χ0v) is 10.2. The number of rotatable bonds is 1. The SMILES string of the molecule is [CH3][Sn]([CH3])([CH3])[c]1ccccc1N. The van der Waals surface area contributed by atoms with Gasteiger partial charge in [0.1, 0.15) is 0 Å². The molecule has 0 spiro atoms. The van der Waals surface area contributed by atoms with E-state index in [1.54, 1.807) is 0 Å². The fourth-order valence-corrected chi connectivity index (χ4v) is 5.59. The maximum absolute atomic E-state index is 5.86. The number of hydrogen-bond acceptors (Lipinski definition) is 1. The fraction of sp³-hybridized carbons (Fsp3) is 0.333. The van der Waals surface area contributed by atoms with Gasteiger partial charge in [0.2, 0.25) is 0 Å². The van der Waals surface area contributed by atoms with E-state index in [1.165, 1.54) is 3.58 Å². The van der Waals surface area contributed by atoms with Crippen LogP contribution in [0.4, 0.5) is 5.69 Å². The average Bonchev–Trinajstić information content (AvgIpc) is 1.86. The average molecular weight is 256 g/mol. The van der Waals surface area contributed by atoms with Gasteiger partial charge < -0.3 is 0 Å². The second kappa shape index (κ2) is 3.05. The second-order valence-corrected chi connectivity index (χ2v) is 18.2. The molecule has 1 rings (SSSR count). The Bertz CT molecular complexity index is 250. The normalized spacial score (nSPS) is 11.5. The van der Waals surface area contributed by atoms with E-state index in [1.807, 2.05) is 12.1 Å².